The zero-order chi connectivity index (χ0) is 84.0. The summed E-state index contributed by atoms with van der Waals surface area (Å²) in [6.45, 7) is 27.3. The highest BCUT2D eigenvalue weighted by Crippen LogP contribution is 2.45. The molecule has 6 fully saturated rings. The Balaban J connectivity index is 0.612. The standard InChI is InChI=1S/C91H111FN22O7/c1-10-81(115)112-34-31-109(48-66(112)16-24-93)86-72-20-28-106(78-15-13-14-59-23-37-118-85(59)78)51-75(72)96-89(99-86)120-55-70-41-64(46-104(70)8)62-39-60-19-27-102(6)84(60)80(43-62)108-30-22-74-77(53-108)98-90(100-88(74)111-33-36-114(83(117)12-3)68(50-111)18-26-95)119-54-69-40-63(45-103(69)7)61-38-57(4)58(5)79(42-61)107-29-21-73-76(52-107)97-91(121-56-71-44-65(92)47-105(71)9)101-87(73)110-32-35-113(82(116)11-2)67(49-110)17-25-94/h10-15,19,27,38-39,42-43,63-71,81,115H,1-3,16-18,20-23,28-37,40-41,44-56H2,4-9H3/t63?,64?,65-,66+,67+,68+,69+,70+,71+,81?/m1/s1. The molecule has 634 valence electrons. The van der Waals surface area contributed by atoms with E-state index in [1.807, 2.05) is 16.8 Å². The lowest BCUT2D eigenvalue weighted by Crippen LogP contribution is -2.56. The molecule has 7 aromatic rings. The lowest BCUT2D eigenvalue weighted by molar-refractivity contribution is -0.129. The fourth-order valence-corrected chi connectivity index (χ4v) is 20.6. The molecular weight excluding hydrogens is 1530 g/mol. The van der Waals surface area contributed by atoms with Crippen molar-refractivity contribution in [3.8, 4) is 42.0 Å². The summed E-state index contributed by atoms with van der Waals surface area (Å²) >= 11 is 0. The number of anilines is 6. The number of rotatable bonds is 24. The quantitative estimate of drug-likeness (QED) is 0.0442. The summed E-state index contributed by atoms with van der Waals surface area (Å²) in [6.07, 6.45) is 10.0. The molecule has 30 heteroatoms. The lowest BCUT2D eigenvalue weighted by atomic mass is 9.91. The summed E-state index contributed by atoms with van der Waals surface area (Å²) in [7, 11) is 8.37. The van der Waals surface area contributed by atoms with Crippen LogP contribution in [0.4, 0.5) is 38.9 Å². The van der Waals surface area contributed by atoms with Gasteiger partial charge in [-0.05, 0) is 162 Å². The number of fused-ring (bicyclic) bond motifs is 5. The van der Waals surface area contributed by atoms with Gasteiger partial charge in [-0.15, -0.1) is 0 Å². The number of aromatic nitrogens is 7. The SMILES string of the molecule is C=CC(=O)N1CCN(c2nc(OC[C@@H]3C[C@@H](F)CN3C)nc3c2CCN(c2cc(C4C[C@@H](COc5nc6c(c(N7CCN(C(=O)C=C)[C@@H](CC#N)C7)n5)CCN(c5cc(C7C[C@@H](COc8nc9c(c(N%10CCN(C(O)C=C)[C@@H](CC#N)C%10)n8)CCN(c8cccc%10c8OCC%10)C9)N(C)C7)cc7ccn(C)c57)C6)N(C)C4)cc(C)c2C)C3)C[C@@H]1CC#N. The predicted molar refractivity (Wildman–Crippen MR) is 460 cm³/mol. The van der Waals surface area contributed by atoms with E-state index in [9.17, 15) is 34.9 Å². The van der Waals surface area contributed by atoms with Crippen LogP contribution in [0.25, 0.3) is 10.9 Å². The van der Waals surface area contributed by atoms with Gasteiger partial charge in [0.05, 0.1) is 110 Å². The number of amides is 2. The number of aliphatic hydroxyl groups is 1. The third-order valence-corrected chi connectivity index (χ3v) is 27.4. The molecule has 10 aliphatic heterocycles. The molecule has 0 saturated carbocycles. The van der Waals surface area contributed by atoms with Crippen molar-refractivity contribution in [3.05, 3.63) is 154 Å². The fourth-order valence-electron chi connectivity index (χ4n) is 20.6. The number of para-hydroxylation sites is 1. The minimum Gasteiger partial charge on any atom is -0.491 e. The van der Waals surface area contributed by atoms with Crippen LogP contribution < -0.4 is 48.3 Å². The van der Waals surface area contributed by atoms with Gasteiger partial charge in [-0.1, -0.05) is 37.9 Å². The zero-order valence-corrected chi connectivity index (χ0v) is 70.6. The van der Waals surface area contributed by atoms with Crippen LogP contribution in [0.15, 0.2) is 92.7 Å². The number of aryl methyl sites for hydroxylation is 2. The molecule has 2 amide bonds. The molecule has 121 heavy (non-hydrogen) atoms. The van der Waals surface area contributed by atoms with Gasteiger partial charge < -0.3 is 67.8 Å². The number of carbonyl (C=O) groups is 2. The molecule has 0 aliphatic carbocycles. The monoisotopic (exact) mass is 1640 g/mol. The molecule has 0 bridgehead atoms. The molecular formula is C91H111FN22O7. The average Bonchev–Trinajstić information content (AvgIpc) is 1.74. The van der Waals surface area contributed by atoms with Crippen molar-refractivity contribution >= 4 is 57.2 Å². The fraction of sp³-hybridized carbons (Fsp3) is 0.527. The first-order chi connectivity index (χ1) is 58.7. The number of piperazine rings is 3. The van der Waals surface area contributed by atoms with Crippen LogP contribution in [-0.4, -0.2) is 275 Å². The number of carbonyl (C=O) groups excluding carboxylic acids is 2. The van der Waals surface area contributed by atoms with E-state index in [0.29, 0.717) is 150 Å². The minimum absolute atomic E-state index is 0.0198. The number of nitrogens with zero attached hydrogens (tertiary/aromatic N) is 22. The first-order valence-electron chi connectivity index (χ1n) is 43.0. The molecule has 1 N–H and O–H groups in total. The molecule has 10 atom stereocenters. The molecule has 3 aromatic carbocycles. The van der Waals surface area contributed by atoms with Gasteiger partial charge in [0, 0.05) is 170 Å². The van der Waals surface area contributed by atoms with Crippen molar-refractivity contribution in [1.82, 2.24) is 63.9 Å². The number of alkyl halides is 1. The average molecular weight is 1640 g/mol. The Morgan fingerprint density at radius 3 is 1.52 bits per heavy atom. The van der Waals surface area contributed by atoms with Gasteiger partial charge in [-0.2, -0.15) is 45.7 Å². The number of likely N-dealkylation sites (N-methyl/N-ethyl adjacent to an activating group) is 3. The van der Waals surface area contributed by atoms with Gasteiger partial charge in [-0.3, -0.25) is 29.2 Å². The van der Waals surface area contributed by atoms with Gasteiger partial charge in [0.1, 0.15) is 55.4 Å². The summed E-state index contributed by atoms with van der Waals surface area (Å²) < 4.78 is 43.3. The van der Waals surface area contributed by atoms with Crippen LogP contribution in [-0.2, 0) is 62.0 Å². The van der Waals surface area contributed by atoms with Crippen molar-refractivity contribution in [2.75, 3.05) is 175 Å². The van der Waals surface area contributed by atoms with Gasteiger partial charge in [0.25, 0.3) is 0 Å². The third kappa shape index (κ3) is 16.6. The van der Waals surface area contributed by atoms with E-state index in [-0.39, 0.29) is 97.8 Å². The van der Waals surface area contributed by atoms with E-state index in [4.69, 9.17) is 48.9 Å². The van der Waals surface area contributed by atoms with Crippen molar-refractivity contribution in [2.24, 2.45) is 7.05 Å². The maximum atomic E-state index is 14.6. The summed E-state index contributed by atoms with van der Waals surface area (Å²) in [5, 5.41) is 42.2. The Morgan fingerprint density at radius 2 is 1.02 bits per heavy atom. The topological polar surface area (TPSA) is 284 Å². The van der Waals surface area contributed by atoms with Crippen LogP contribution >= 0.6 is 0 Å². The van der Waals surface area contributed by atoms with E-state index in [0.717, 1.165) is 124 Å². The lowest BCUT2D eigenvalue weighted by Gasteiger charge is -2.43. The normalized spacial score (nSPS) is 24.2. The Hall–Kier alpha value is -11.2. The van der Waals surface area contributed by atoms with Gasteiger partial charge in [0.15, 0.2) is 0 Å². The van der Waals surface area contributed by atoms with E-state index in [1.54, 1.807) is 9.80 Å². The first-order valence-corrected chi connectivity index (χ1v) is 43.0. The Morgan fingerprint density at radius 1 is 0.545 bits per heavy atom. The Labute approximate surface area is 708 Å². The molecule has 14 heterocycles. The van der Waals surface area contributed by atoms with Crippen LogP contribution in [0.5, 0.6) is 23.8 Å². The molecule has 4 aromatic heterocycles. The number of nitriles is 3. The van der Waals surface area contributed by atoms with Gasteiger partial charge in [-0.25, -0.2) is 4.39 Å². The number of benzene rings is 3. The summed E-state index contributed by atoms with van der Waals surface area (Å²) in [6, 6.07) is 24.9. The highest BCUT2D eigenvalue weighted by molar-refractivity contribution is 5.93. The van der Waals surface area contributed by atoms with Crippen molar-refractivity contribution in [3.63, 3.8) is 0 Å². The number of hydrogen-bond donors (Lipinski definition) is 1. The van der Waals surface area contributed by atoms with E-state index < -0.39 is 12.4 Å². The number of ether oxygens (including phenoxy) is 4. The maximum absolute atomic E-state index is 14.6. The second kappa shape index (κ2) is 35.1. The number of likely N-dealkylation sites (tertiary alicyclic amines) is 3. The molecule has 6 saturated heterocycles. The largest absolute Gasteiger partial charge is 0.491 e. The van der Waals surface area contributed by atoms with Crippen LogP contribution in [0.3, 0.4) is 0 Å². The highest BCUT2D eigenvalue weighted by atomic mass is 19.1. The van der Waals surface area contributed by atoms with E-state index in [1.165, 1.54) is 46.0 Å². The van der Waals surface area contributed by atoms with Crippen LogP contribution in [0, 0.1) is 47.8 Å². The van der Waals surface area contributed by atoms with Crippen LogP contribution in [0.1, 0.15) is 112 Å². The molecule has 0 radical (unpaired) electrons. The van der Waals surface area contributed by atoms with Crippen molar-refractivity contribution < 1.29 is 38.0 Å². The summed E-state index contributed by atoms with van der Waals surface area (Å²) in [5.41, 5.74) is 16.3. The van der Waals surface area contributed by atoms with Gasteiger partial charge in [0.2, 0.25) is 11.8 Å². The van der Waals surface area contributed by atoms with E-state index in [2.05, 4.69) is 171 Å². The second-order valence-corrected chi connectivity index (χ2v) is 34.7. The van der Waals surface area contributed by atoms with Crippen molar-refractivity contribution in [2.45, 2.75) is 158 Å². The van der Waals surface area contributed by atoms with Gasteiger partial charge >= 0.3 is 18.0 Å². The third-order valence-electron chi connectivity index (χ3n) is 27.4. The van der Waals surface area contributed by atoms with Crippen molar-refractivity contribution in [1.29, 1.82) is 15.8 Å². The molecule has 29 nitrogen and oxygen atoms in total. The maximum Gasteiger partial charge on any atom is 0.318 e. The Bertz CT molecular complexity index is 5260. The first kappa shape index (κ1) is 82.1. The number of aliphatic hydroxyl groups excluding tert-OH is 1. The second-order valence-electron chi connectivity index (χ2n) is 34.7. The number of hydrogen-bond acceptors (Lipinski definition) is 26. The number of halogens is 1. The van der Waals surface area contributed by atoms with Crippen LogP contribution in [0.2, 0.25) is 0 Å². The zero-order valence-electron chi connectivity index (χ0n) is 70.6. The minimum atomic E-state index is -0.929. The molecule has 17 rings (SSSR count). The summed E-state index contributed by atoms with van der Waals surface area (Å²) in [5.74, 6) is 3.24. The smallest absolute Gasteiger partial charge is 0.318 e. The molecule has 3 unspecified atom stereocenters. The van der Waals surface area contributed by atoms with E-state index >= 15 is 0 Å². The Kier molecular flexibility index (Phi) is 23.8. The summed E-state index contributed by atoms with van der Waals surface area (Å²) in [4.78, 5) is 83.9. The molecule has 0 spiro atoms. The molecule has 10 aliphatic rings. The highest BCUT2D eigenvalue weighted by Gasteiger charge is 2.42. The predicted octanol–water partition coefficient (Wildman–Crippen LogP) is 8.08.